The first-order valence-corrected chi connectivity index (χ1v) is 13.9. The maximum atomic E-state index is 13.0. The molecule has 1 saturated heterocycles. The summed E-state index contributed by atoms with van der Waals surface area (Å²) in [5.41, 5.74) is 6.72. The number of thiocarbonyl (C=S) groups is 1. The molecule has 0 radical (unpaired) electrons. The van der Waals surface area contributed by atoms with Crippen molar-refractivity contribution in [2.24, 2.45) is 0 Å². The van der Waals surface area contributed by atoms with Gasteiger partial charge in [-0.2, -0.15) is 0 Å². The van der Waals surface area contributed by atoms with E-state index in [4.69, 9.17) is 35.4 Å². The molecule has 9 heteroatoms. The molecule has 1 fully saturated rings. The van der Waals surface area contributed by atoms with E-state index in [-0.39, 0.29) is 24.4 Å². The lowest BCUT2D eigenvalue weighted by atomic mass is 9.96. The average molecular weight is 579 g/mol. The Labute approximate surface area is 244 Å². The Hall–Kier alpha value is -3.39. The van der Waals surface area contributed by atoms with Crippen LogP contribution in [-0.2, 0) is 4.79 Å². The number of hydrogen-bond acceptors (Lipinski definition) is 3. The highest BCUT2D eigenvalue weighted by molar-refractivity contribution is 7.80. The molecule has 4 aromatic rings. The van der Waals surface area contributed by atoms with Gasteiger partial charge in [-0.3, -0.25) is 9.78 Å². The van der Waals surface area contributed by atoms with Crippen molar-refractivity contribution in [1.29, 1.82) is 0 Å². The van der Waals surface area contributed by atoms with E-state index >= 15 is 0 Å². The summed E-state index contributed by atoms with van der Waals surface area (Å²) in [4.78, 5) is 19.7. The number of aryl methyl sites for hydroxylation is 2. The van der Waals surface area contributed by atoms with Crippen LogP contribution in [0.4, 0.5) is 5.69 Å². The van der Waals surface area contributed by atoms with E-state index in [9.17, 15) is 4.79 Å². The Morgan fingerprint density at radius 1 is 1.05 bits per heavy atom. The van der Waals surface area contributed by atoms with E-state index in [1.54, 1.807) is 12.3 Å². The molecule has 2 unspecified atom stereocenters. The first-order chi connectivity index (χ1) is 18.7. The fourth-order valence-corrected chi connectivity index (χ4v) is 6.08. The maximum Gasteiger partial charge on any atom is 0.226 e. The van der Waals surface area contributed by atoms with E-state index in [2.05, 4.69) is 45.0 Å². The highest BCUT2D eigenvalue weighted by Gasteiger charge is 2.41. The van der Waals surface area contributed by atoms with Crippen molar-refractivity contribution in [1.82, 2.24) is 19.8 Å². The monoisotopic (exact) mass is 577 g/mol. The number of halogens is 2. The number of nitrogens with one attached hydrogen (secondary N) is 2. The van der Waals surface area contributed by atoms with Crippen LogP contribution < -0.4 is 10.6 Å². The first-order valence-electron chi connectivity index (χ1n) is 12.7. The zero-order chi connectivity index (χ0) is 27.7. The van der Waals surface area contributed by atoms with Crippen molar-refractivity contribution in [2.45, 2.75) is 39.3 Å². The molecule has 5 rings (SSSR count). The fourth-order valence-electron chi connectivity index (χ4n) is 5.25. The Balaban J connectivity index is 1.49. The summed E-state index contributed by atoms with van der Waals surface area (Å²) in [6, 6.07) is 20.9. The van der Waals surface area contributed by atoms with Gasteiger partial charge in [-0.05, 0) is 86.6 Å². The summed E-state index contributed by atoms with van der Waals surface area (Å²) < 4.78 is 2.13. The van der Waals surface area contributed by atoms with Crippen LogP contribution in [0.2, 0.25) is 10.0 Å². The molecule has 0 spiro atoms. The number of carbonyl (C=O) groups excluding carboxylic acids is 1. The minimum absolute atomic E-state index is 0.0643. The third kappa shape index (κ3) is 5.53. The first kappa shape index (κ1) is 27.2. The van der Waals surface area contributed by atoms with Crippen molar-refractivity contribution in [2.75, 3.05) is 11.9 Å². The zero-order valence-corrected chi connectivity index (χ0v) is 24.2. The van der Waals surface area contributed by atoms with Crippen LogP contribution >= 0.6 is 35.4 Å². The van der Waals surface area contributed by atoms with Gasteiger partial charge in [0.2, 0.25) is 5.91 Å². The largest absolute Gasteiger partial charge is 0.352 e. The molecule has 6 nitrogen and oxygen atoms in total. The number of benzene rings is 2. The molecule has 2 N–H and O–H groups in total. The number of rotatable bonds is 7. The van der Waals surface area contributed by atoms with Crippen LogP contribution in [0.1, 0.15) is 46.7 Å². The van der Waals surface area contributed by atoms with E-state index in [1.165, 1.54) is 0 Å². The number of amides is 1. The van der Waals surface area contributed by atoms with Crippen LogP contribution in [0.25, 0.3) is 5.69 Å². The van der Waals surface area contributed by atoms with E-state index < -0.39 is 0 Å². The number of nitrogens with zero attached hydrogens (tertiary/aromatic N) is 3. The van der Waals surface area contributed by atoms with Gasteiger partial charge < -0.3 is 20.1 Å². The van der Waals surface area contributed by atoms with Crippen LogP contribution in [0, 0.1) is 20.8 Å². The summed E-state index contributed by atoms with van der Waals surface area (Å²) in [6.45, 7) is 6.55. The van der Waals surface area contributed by atoms with Crippen LogP contribution in [-0.4, -0.2) is 32.0 Å². The van der Waals surface area contributed by atoms with Gasteiger partial charge in [0.25, 0.3) is 0 Å². The van der Waals surface area contributed by atoms with Gasteiger partial charge in [0.15, 0.2) is 5.11 Å². The molecule has 0 bridgehead atoms. The van der Waals surface area contributed by atoms with E-state index in [1.807, 2.05) is 61.5 Å². The standard InChI is InChI=1S/C30H29Cl2N5OS/c1-18-8-4-5-9-24(18)34-27(38)13-15-36-29(28(35-30(36)39)25-10-6-7-14-33-25)22-16-19(2)37(20(22)3)26-12-11-21(31)17-23(26)32/h4-12,14,16-17,28-29H,13,15H2,1-3H3,(H,34,38)(H,35,39). The summed E-state index contributed by atoms with van der Waals surface area (Å²) in [7, 11) is 0. The van der Waals surface area contributed by atoms with Gasteiger partial charge >= 0.3 is 0 Å². The number of aromatic nitrogens is 2. The number of anilines is 1. The molecule has 2 aromatic heterocycles. The molecule has 2 aromatic carbocycles. The zero-order valence-electron chi connectivity index (χ0n) is 21.9. The molecule has 3 heterocycles. The highest BCUT2D eigenvalue weighted by Crippen LogP contribution is 2.42. The Bertz CT molecular complexity index is 1540. The highest BCUT2D eigenvalue weighted by atomic mass is 35.5. The molecular weight excluding hydrogens is 549 g/mol. The second-order valence-corrected chi connectivity index (χ2v) is 10.9. The van der Waals surface area contributed by atoms with Gasteiger partial charge in [-0.1, -0.05) is 47.5 Å². The van der Waals surface area contributed by atoms with Crippen molar-refractivity contribution in [3.05, 3.63) is 111 Å². The van der Waals surface area contributed by atoms with Crippen molar-refractivity contribution >= 4 is 52.1 Å². The third-order valence-electron chi connectivity index (χ3n) is 7.14. The molecule has 200 valence electrons. The van der Waals surface area contributed by atoms with Gasteiger partial charge in [0.05, 0.1) is 28.5 Å². The fraction of sp³-hybridized carbons (Fsp3) is 0.233. The maximum absolute atomic E-state index is 13.0. The second-order valence-electron chi connectivity index (χ2n) is 9.69. The van der Waals surface area contributed by atoms with Crippen LogP contribution in [0.15, 0.2) is 72.9 Å². The molecule has 0 saturated carbocycles. The van der Waals surface area contributed by atoms with Crippen molar-refractivity contribution < 1.29 is 4.79 Å². The summed E-state index contributed by atoms with van der Waals surface area (Å²) in [6.07, 6.45) is 2.07. The lowest BCUT2D eigenvalue weighted by molar-refractivity contribution is -0.116. The molecule has 1 aliphatic heterocycles. The third-order valence-corrected chi connectivity index (χ3v) is 8.03. The van der Waals surface area contributed by atoms with Gasteiger partial charge in [0.1, 0.15) is 0 Å². The number of pyridine rings is 1. The lowest BCUT2D eigenvalue weighted by Gasteiger charge is -2.28. The Kier molecular flexibility index (Phi) is 7.93. The molecule has 39 heavy (non-hydrogen) atoms. The molecular formula is C30H29Cl2N5OS. The van der Waals surface area contributed by atoms with Crippen LogP contribution in [0.3, 0.4) is 0 Å². The lowest BCUT2D eigenvalue weighted by Crippen LogP contribution is -2.33. The van der Waals surface area contributed by atoms with E-state index in [0.29, 0.717) is 21.7 Å². The average Bonchev–Trinajstić information content (AvgIpc) is 3.39. The van der Waals surface area contributed by atoms with E-state index in [0.717, 1.165) is 39.6 Å². The quantitative estimate of drug-likeness (QED) is 0.229. The smallest absolute Gasteiger partial charge is 0.226 e. The molecule has 2 atom stereocenters. The summed E-state index contributed by atoms with van der Waals surface area (Å²) in [5.74, 6) is -0.0643. The number of para-hydroxylation sites is 1. The summed E-state index contributed by atoms with van der Waals surface area (Å²) in [5, 5.41) is 8.26. The second kappa shape index (κ2) is 11.4. The van der Waals surface area contributed by atoms with Crippen molar-refractivity contribution in [3.8, 4) is 5.69 Å². The molecule has 0 aliphatic carbocycles. The molecule has 1 aliphatic rings. The van der Waals surface area contributed by atoms with Gasteiger partial charge in [-0.15, -0.1) is 0 Å². The van der Waals surface area contributed by atoms with Gasteiger partial charge in [-0.25, -0.2) is 0 Å². The van der Waals surface area contributed by atoms with Gasteiger partial charge in [0, 0.05) is 41.3 Å². The minimum Gasteiger partial charge on any atom is -0.352 e. The van der Waals surface area contributed by atoms with Crippen LogP contribution in [0.5, 0.6) is 0 Å². The predicted octanol–water partition coefficient (Wildman–Crippen LogP) is 7.11. The number of carbonyl (C=O) groups is 1. The normalized spacial score (nSPS) is 16.8. The Morgan fingerprint density at radius 2 is 1.82 bits per heavy atom. The number of hydrogen-bond donors (Lipinski definition) is 2. The summed E-state index contributed by atoms with van der Waals surface area (Å²) >= 11 is 18.6. The van der Waals surface area contributed by atoms with Crippen molar-refractivity contribution in [3.63, 3.8) is 0 Å². The predicted molar refractivity (Wildman–Crippen MR) is 162 cm³/mol. The molecule has 1 amide bonds. The minimum atomic E-state index is -0.187. The SMILES string of the molecule is Cc1ccccc1NC(=O)CCN1C(=S)NC(c2ccccn2)C1c1cc(C)n(-c2ccc(Cl)cc2Cl)c1C. The Morgan fingerprint density at radius 3 is 2.54 bits per heavy atom. The topological polar surface area (TPSA) is 62.2 Å².